The Kier molecular flexibility index (Phi) is 3.79. The molecular formula is C19H18N4O3. The molecule has 0 radical (unpaired) electrons. The van der Waals surface area contributed by atoms with E-state index in [0.717, 1.165) is 43.1 Å². The number of nitrogens with zero attached hydrogens (tertiary/aromatic N) is 4. The van der Waals surface area contributed by atoms with Crippen LogP contribution in [-0.4, -0.2) is 40.0 Å². The van der Waals surface area contributed by atoms with Gasteiger partial charge in [-0.3, -0.25) is 9.88 Å². The fraction of sp³-hybridized carbons (Fsp3) is 0.316. The van der Waals surface area contributed by atoms with Gasteiger partial charge in [-0.15, -0.1) is 10.2 Å². The SMILES string of the molecule is c1cncc(-c2nnc([C@H]3CCN(Cc4ccc5c(c4)OCO5)C3)o2)c1. The van der Waals surface area contributed by atoms with Crippen molar-refractivity contribution < 1.29 is 13.9 Å². The van der Waals surface area contributed by atoms with Crippen molar-refractivity contribution in [3.05, 3.63) is 54.2 Å². The van der Waals surface area contributed by atoms with Crippen molar-refractivity contribution in [2.24, 2.45) is 0 Å². The maximum Gasteiger partial charge on any atom is 0.249 e. The number of benzene rings is 1. The molecule has 4 heterocycles. The minimum absolute atomic E-state index is 0.266. The highest BCUT2D eigenvalue weighted by molar-refractivity contribution is 5.50. The van der Waals surface area contributed by atoms with Gasteiger partial charge in [0.15, 0.2) is 11.5 Å². The van der Waals surface area contributed by atoms with Gasteiger partial charge in [0, 0.05) is 25.5 Å². The summed E-state index contributed by atoms with van der Waals surface area (Å²) in [5.74, 6) is 3.15. The molecule has 0 N–H and O–H groups in total. The van der Waals surface area contributed by atoms with Crippen LogP contribution in [0.2, 0.25) is 0 Å². The van der Waals surface area contributed by atoms with Crippen LogP contribution >= 0.6 is 0 Å². The Morgan fingerprint density at radius 1 is 1.12 bits per heavy atom. The molecular weight excluding hydrogens is 332 g/mol. The number of aromatic nitrogens is 3. The molecule has 1 saturated heterocycles. The summed E-state index contributed by atoms with van der Waals surface area (Å²) in [5.41, 5.74) is 2.07. The van der Waals surface area contributed by atoms with Crippen molar-refractivity contribution in [2.75, 3.05) is 19.9 Å². The molecule has 1 atom stereocenters. The van der Waals surface area contributed by atoms with Gasteiger partial charge < -0.3 is 13.9 Å². The predicted molar refractivity (Wildman–Crippen MR) is 92.7 cm³/mol. The van der Waals surface area contributed by atoms with Crippen LogP contribution in [-0.2, 0) is 6.54 Å². The maximum atomic E-state index is 5.89. The first-order chi connectivity index (χ1) is 12.8. The lowest BCUT2D eigenvalue weighted by Gasteiger charge is -2.15. The van der Waals surface area contributed by atoms with Gasteiger partial charge in [0.05, 0.1) is 11.5 Å². The molecule has 0 amide bonds. The van der Waals surface area contributed by atoms with Crippen molar-refractivity contribution in [2.45, 2.75) is 18.9 Å². The molecule has 26 heavy (non-hydrogen) atoms. The first-order valence-corrected chi connectivity index (χ1v) is 8.70. The molecule has 1 aromatic carbocycles. The second kappa shape index (κ2) is 6.42. The van der Waals surface area contributed by atoms with Gasteiger partial charge in [-0.25, -0.2) is 0 Å². The van der Waals surface area contributed by atoms with E-state index in [-0.39, 0.29) is 5.92 Å². The molecule has 132 valence electrons. The highest BCUT2D eigenvalue weighted by Crippen LogP contribution is 2.34. The van der Waals surface area contributed by atoms with Crippen molar-refractivity contribution in [1.29, 1.82) is 0 Å². The van der Waals surface area contributed by atoms with Crippen molar-refractivity contribution in [3.8, 4) is 23.0 Å². The number of pyridine rings is 1. The average molecular weight is 350 g/mol. The zero-order valence-electron chi connectivity index (χ0n) is 14.2. The first kappa shape index (κ1) is 15.3. The summed E-state index contributed by atoms with van der Waals surface area (Å²) in [6, 6.07) is 9.91. The smallest absolute Gasteiger partial charge is 0.249 e. The third kappa shape index (κ3) is 2.90. The molecule has 2 aliphatic rings. The van der Waals surface area contributed by atoms with Crippen LogP contribution in [0.4, 0.5) is 0 Å². The molecule has 0 bridgehead atoms. The number of likely N-dealkylation sites (tertiary alicyclic amines) is 1. The zero-order chi connectivity index (χ0) is 17.3. The van der Waals surface area contributed by atoms with Gasteiger partial charge in [-0.05, 0) is 42.8 Å². The lowest BCUT2D eigenvalue weighted by Crippen LogP contribution is -2.19. The molecule has 0 aliphatic carbocycles. The maximum absolute atomic E-state index is 5.89. The Bertz CT molecular complexity index is 912. The van der Waals surface area contributed by atoms with E-state index in [1.165, 1.54) is 5.56 Å². The lowest BCUT2D eigenvalue weighted by molar-refractivity contribution is 0.174. The fourth-order valence-electron chi connectivity index (χ4n) is 3.48. The van der Waals surface area contributed by atoms with Gasteiger partial charge in [0.25, 0.3) is 0 Å². The summed E-state index contributed by atoms with van der Waals surface area (Å²) in [7, 11) is 0. The van der Waals surface area contributed by atoms with Gasteiger partial charge in [0.1, 0.15) is 0 Å². The van der Waals surface area contributed by atoms with E-state index in [0.29, 0.717) is 18.6 Å². The van der Waals surface area contributed by atoms with Crippen molar-refractivity contribution in [3.63, 3.8) is 0 Å². The second-order valence-corrected chi connectivity index (χ2v) is 6.60. The summed E-state index contributed by atoms with van der Waals surface area (Å²) >= 11 is 0. The summed E-state index contributed by atoms with van der Waals surface area (Å²) < 4.78 is 16.7. The monoisotopic (exact) mass is 350 g/mol. The summed E-state index contributed by atoms with van der Waals surface area (Å²) in [4.78, 5) is 6.50. The minimum Gasteiger partial charge on any atom is -0.454 e. The number of fused-ring (bicyclic) bond motifs is 1. The molecule has 7 nitrogen and oxygen atoms in total. The van der Waals surface area contributed by atoms with Gasteiger partial charge >= 0.3 is 0 Å². The Morgan fingerprint density at radius 2 is 2.08 bits per heavy atom. The molecule has 0 spiro atoms. The van der Waals surface area contributed by atoms with Gasteiger partial charge in [-0.1, -0.05) is 6.07 Å². The van der Waals surface area contributed by atoms with Crippen LogP contribution < -0.4 is 9.47 Å². The Labute approximate surface area is 150 Å². The van der Waals surface area contributed by atoms with E-state index in [2.05, 4.69) is 32.2 Å². The van der Waals surface area contributed by atoms with Crippen LogP contribution in [0.3, 0.4) is 0 Å². The minimum atomic E-state index is 0.266. The van der Waals surface area contributed by atoms with Crippen LogP contribution in [0.25, 0.3) is 11.5 Å². The second-order valence-electron chi connectivity index (χ2n) is 6.60. The average Bonchev–Trinajstić information content (AvgIpc) is 3.42. The summed E-state index contributed by atoms with van der Waals surface area (Å²) in [6.45, 7) is 3.09. The molecule has 1 fully saturated rings. The van der Waals surface area contributed by atoms with Gasteiger partial charge in [-0.2, -0.15) is 0 Å². The van der Waals surface area contributed by atoms with E-state index in [1.54, 1.807) is 12.4 Å². The molecule has 2 aromatic heterocycles. The third-order valence-corrected chi connectivity index (χ3v) is 4.81. The van der Waals surface area contributed by atoms with E-state index in [1.807, 2.05) is 18.2 Å². The number of hydrogen-bond acceptors (Lipinski definition) is 7. The standard InChI is InChI=1S/C19H18N4O3/c1-2-14(9-20-6-1)18-21-22-19(26-18)15-5-7-23(11-15)10-13-3-4-16-17(8-13)25-12-24-16/h1-4,6,8-9,15H,5,7,10-12H2/t15-/m0/s1. The fourth-order valence-corrected chi connectivity index (χ4v) is 3.48. The van der Waals surface area contributed by atoms with Crippen molar-refractivity contribution >= 4 is 0 Å². The number of ether oxygens (including phenoxy) is 2. The topological polar surface area (TPSA) is 73.5 Å². The Morgan fingerprint density at radius 3 is 3.00 bits per heavy atom. The summed E-state index contributed by atoms with van der Waals surface area (Å²) in [6.07, 6.45) is 4.48. The molecule has 0 saturated carbocycles. The Balaban J connectivity index is 1.25. The van der Waals surface area contributed by atoms with Crippen LogP contribution in [0.1, 0.15) is 23.8 Å². The van der Waals surface area contributed by atoms with E-state index >= 15 is 0 Å². The van der Waals surface area contributed by atoms with E-state index in [4.69, 9.17) is 13.9 Å². The largest absolute Gasteiger partial charge is 0.454 e. The highest BCUT2D eigenvalue weighted by atomic mass is 16.7. The lowest BCUT2D eigenvalue weighted by atomic mass is 10.1. The molecule has 0 unspecified atom stereocenters. The normalized spacial score (nSPS) is 19.2. The highest BCUT2D eigenvalue weighted by Gasteiger charge is 2.28. The van der Waals surface area contributed by atoms with Crippen LogP contribution in [0, 0.1) is 0 Å². The van der Waals surface area contributed by atoms with E-state index in [9.17, 15) is 0 Å². The van der Waals surface area contributed by atoms with E-state index < -0.39 is 0 Å². The number of rotatable bonds is 4. The Hall–Kier alpha value is -2.93. The molecule has 3 aromatic rings. The predicted octanol–water partition coefficient (Wildman–Crippen LogP) is 2.85. The third-order valence-electron chi connectivity index (χ3n) is 4.81. The van der Waals surface area contributed by atoms with Crippen molar-refractivity contribution in [1.82, 2.24) is 20.1 Å². The molecule has 2 aliphatic heterocycles. The molecule has 7 heteroatoms. The number of hydrogen-bond donors (Lipinski definition) is 0. The first-order valence-electron chi connectivity index (χ1n) is 8.70. The zero-order valence-corrected chi connectivity index (χ0v) is 14.2. The van der Waals surface area contributed by atoms with Crippen LogP contribution in [0.5, 0.6) is 11.5 Å². The van der Waals surface area contributed by atoms with Gasteiger partial charge in [0.2, 0.25) is 18.6 Å². The van der Waals surface area contributed by atoms with Crippen LogP contribution in [0.15, 0.2) is 47.1 Å². The summed E-state index contributed by atoms with van der Waals surface area (Å²) in [5, 5.41) is 8.43. The molecule has 5 rings (SSSR count). The quantitative estimate of drug-likeness (QED) is 0.716.